The van der Waals surface area contributed by atoms with Crippen LogP contribution in [0.2, 0.25) is 0 Å². The van der Waals surface area contributed by atoms with Crippen molar-refractivity contribution >= 4 is 0 Å². The molecule has 2 aliphatic rings. The second-order valence-electron chi connectivity index (χ2n) is 4.52. The van der Waals surface area contributed by atoms with Crippen molar-refractivity contribution in [1.82, 2.24) is 5.43 Å². The molecule has 4 unspecified atom stereocenters. The number of halogens is 3. The average molecular weight is 208 g/mol. The van der Waals surface area contributed by atoms with Gasteiger partial charge in [-0.3, -0.25) is 5.84 Å². The smallest absolute Gasteiger partial charge is 0.271 e. The first kappa shape index (κ1) is 10.2. The average Bonchev–Trinajstić information content (AvgIpc) is 2.63. The van der Waals surface area contributed by atoms with Gasteiger partial charge in [0.25, 0.3) is 0 Å². The van der Waals surface area contributed by atoms with E-state index in [1.807, 2.05) is 5.43 Å². The van der Waals surface area contributed by atoms with Crippen LogP contribution in [0.4, 0.5) is 13.2 Å². The van der Waals surface area contributed by atoms with Gasteiger partial charge < -0.3 is 0 Å². The fourth-order valence-electron chi connectivity index (χ4n) is 3.16. The molecular weight excluding hydrogens is 193 g/mol. The SMILES string of the molecule is NNC(C1CC2CCC1C2)C(F)(F)F. The summed E-state index contributed by atoms with van der Waals surface area (Å²) in [6, 6.07) is -1.50. The van der Waals surface area contributed by atoms with Crippen molar-refractivity contribution in [1.29, 1.82) is 0 Å². The van der Waals surface area contributed by atoms with E-state index in [4.69, 9.17) is 5.84 Å². The van der Waals surface area contributed by atoms with Crippen LogP contribution in [0.1, 0.15) is 25.7 Å². The van der Waals surface area contributed by atoms with Gasteiger partial charge in [0.1, 0.15) is 6.04 Å². The molecule has 2 aliphatic carbocycles. The Balaban J connectivity index is 2.06. The maximum atomic E-state index is 12.6. The van der Waals surface area contributed by atoms with Crippen LogP contribution in [-0.2, 0) is 0 Å². The molecule has 0 aliphatic heterocycles. The van der Waals surface area contributed by atoms with Crippen molar-refractivity contribution in [2.75, 3.05) is 0 Å². The third kappa shape index (κ3) is 1.63. The summed E-state index contributed by atoms with van der Waals surface area (Å²) in [5.74, 6) is 5.46. The predicted octanol–water partition coefficient (Wildman–Crippen LogP) is 1.82. The van der Waals surface area contributed by atoms with Gasteiger partial charge in [0, 0.05) is 0 Å². The van der Waals surface area contributed by atoms with Crippen LogP contribution in [0.3, 0.4) is 0 Å². The molecule has 2 nitrogen and oxygen atoms in total. The van der Waals surface area contributed by atoms with Gasteiger partial charge in [-0.25, -0.2) is 5.43 Å². The minimum Gasteiger partial charge on any atom is -0.271 e. The lowest BCUT2D eigenvalue weighted by atomic mass is 9.83. The summed E-state index contributed by atoms with van der Waals surface area (Å²) in [4.78, 5) is 0. The Morgan fingerprint density at radius 1 is 1.21 bits per heavy atom. The lowest BCUT2D eigenvalue weighted by Gasteiger charge is -2.31. The fraction of sp³-hybridized carbons (Fsp3) is 1.00. The topological polar surface area (TPSA) is 38.0 Å². The molecular formula is C9H15F3N2. The van der Waals surface area contributed by atoms with Crippen LogP contribution < -0.4 is 11.3 Å². The van der Waals surface area contributed by atoms with Gasteiger partial charge in [-0.05, 0) is 37.0 Å². The molecule has 0 heterocycles. The molecule has 0 spiro atoms. The Hall–Kier alpha value is -0.290. The molecule has 0 aromatic heterocycles. The molecule has 2 rings (SSSR count). The standard InChI is InChI=1S/C9H15F3N2/c10-9(11,12)8(14-13)7-4-5-1-2-6(7)3-5/h5-8,14H,1-4,13H2. The molecule has 0 radical (unpaired) electrons. The molecule has 4 atom stereocenters. The van der Waals surface area contributed by atoms with E-state index in [0.29, 0.717) is 12.3 Å². The molecule has 0 saturated heterocycles. The fourth-order valence-corrected chi connectivity index (χ4v) is 3.16. The maximum absolute atomic E-state index is 12.6. The molecule has 0 aromatic carbocycles. The molecule has 2 fully saturated rings. The van der Waals surface area contributed by atoms with Crippen molar-refractivity contribution in [3.05, 3.63) is 0 Å². The summed E-state index contributed by atoms with van der Waals surface area (Å²) in [6.45, 7) is 0. The Labute approximate surface area is 81.0 Å². The normalized spacial score (nSPS) is 39.0. The number of fused-ring (bicyclic) bond motifs is 2. The molecule has 2 bridgehead atoms. The van der Waals surface area contributed by atoms with Crippen molar-refractivity contribution in [3.63, 3.8) is 0 Å². The van der Waals surface area contributed by atoms with Gasteiger partial charge in [0.2, 0.25) is 0 Å². The van der Waals surface area contributed by atoms with Gasteiger partial charge in [0.05, 0.1) is 0 Å². The van der Waals surface area contributed by atoms with E-state index in [1.54, 1.807) is 0 Å². The van der Waals surface area contributed by atoms with E-state index in [2.05, 4.69) is 0 Å². The van der Waals surface area contributed by atoms with E-state index in [1.165, 1.54) is 0 Å². The van der Waals surface area contributed by atoms with E-state index < -0.39 is 12.2 Å². The number of hydrogen-bond acceptors (Lipinski definition) is 2. The number of nitrogens with two attached hydrogens (primary N) is 1. The van der Waals surface area contributed by atoms with Crippen LogP contribution in [0.25, 0.3) is 0 Å². The zero-order valence-electron chi connectivity index (χ0n) is 7.85. The van der Waals surface area contributed by atoms with Crippen LogP contribution in [0.5, 0.6) is 0 Å². The molecule has 0 amide bonds. The first-order valence-corrected chi connectivity index (χ1v) is 5.05. The maximum Gasteiger partial charge on any atom is 0.405 e. The highest BCUT2D eigenvalue weighted by atomic mass is 19.4. The van der Waals surface area contributed by atoms with Gasteiger partial charge in [-0.1, -0.05) is 6.42 Å². The summed E-state index contributed by atoms with van der Waals surface area (Å²) in [5, 5.41) is 0. The number of nitrogens with one attached hydrogen (secondary N) is 1. The van der Waals surface area contributed by atoms with Crippen LogP contribution in [0, 0.1) is 17.8 Å². The lowest BCUT2D eigenvalue weighted by molar-refractivity contribution is -0.172. The van der Waals surface area contributed by atoms with Gasteiger partial charge in [-0.2, -0.15) is 13.2 Å². The Morgan fingerprint density at radius 2 is 1.93 bits per heavy atom. The minimum absolute atomic E-state index is 0.239. The van der Waals surface area contributed by atoms with Gasteiger partial charge in [-0.15, -0.1) is 0 Å². The molecule has 3 N–H and O–H groups in total. The van der Waals surface area contributed by atoms with Crippen LogP contribution in [0.15, 0.2) is 0 Å². The predicted molar refractivity (Wildman–Crippen MR) is 46.1 cm³/mol. The Kier molecular flexibility index (Phi) is 2.47. The Morgan fingerprint density at radius 3 is 2.29 bits per heavy atom. The van der Waals surface area contributed by atoms with E-state index in [0.717, 1.165) is 19.3 Å². The molecule has 14 heavy (non-hydrogen) atoms. The highest BCUT2D eigenvalue weighted by Crippen LogP contribution is 2.51. The third-order valence-electron chi connectivity index (χ3n) is 3.75. The van der Waals surface area contributed by atoms with Crippen molar-refractivity contribution in [2.45, 2.75) is 37.9 Å². The second-order valence-corrected chi connectivity index (χ2v) is 4.52. The summed E-state index contributed by atoms with van der Waals surface area (Å²) >= 11 is 0. The number of hydrogen-bond donors (Lipinski definition) is 2. The highest BCUT2D eigenvalue weighted by molar-refractivity contribution is 4.96. The lowest BCUT2D eigenvalue weighted by Crippen LogP contribution is -2.52. The second kappa shape index (κ2) is 3.38. The molecule has 0 aromatic rings. The third-order valence-corrected chi connectivity index (χ3v) is 3.75. The summed E-state index contributed by atoms with van der Waals surface area (Å²) in [6.07, 6.45) is -0.484. The van der Waals surface area contributed by atoms with Crippen molar-refractivity contribution in [3.8, 4) is 0 Å². The summed E-state index contributed by atoms with van der Waals surface area (Å²) in [5.41, 5.74) is 1.94. The first-order valence-electron chi connectivity index (χ1n) is 5.05. The first-order chi connectivity index (χ1) is 6.52. The van der Waals surface area contributed by atoms with E-state index in [9.17, 15) is 13.2 Å². The van der Waals surface area contributed by atoms with Crippen molar-refractivity contribution in [2.24, 2.45) is 23.6 Å². The number of hydrazine groups is 1. The monoisotopic (exact) mass is 208 g/mol. The van der Waals surface area contributed by atoms with Gasteiger partial charge in [0.15, 0.2) is 0 Å². The van der Waals surface area contributed by atoms with Gasteiger partial charge >= 0.3 is 6.18 Å². The van der Waals surface area contributed by atoms with E-state index in [-0.39, 0.29) is 11.8 Å². The van der Waals surface area contributed by atoms with Crippen LogP contribution >= 0.6 is 0 Å². The quantitative estimate of drug-likeness (QED) is 0.536. The highest BCUT2D eigenvalue weighted by Gasteiger charge is 2.51. The zero-order chi connectivity index (χ0) is 10.3. The van der Waals surface area contributed by atoms with Crippen molar-refractivity contribution < 1.29 is 13.2 Å². The largest absolute Gasteiger partial charge is 0.405 e. The Bertz CT molecular complexity index is 217. The molecule has 2 saturated carbocycles. The minimum atomic E-state index is -4.20. The number of rotatable bonds is 2. The zero-order valence-corrected chi connectivity index (χ0v) is 7.85. The molecule has 82 valence electrons. The molecule has 5 heteroatoms. The summed E-state index contributed by atoms with van der Waals surface area (Å²) < 4.78 is 37.7. The summed E-state index contributed by atoms with van der Waals surface area (Å²) in [7, 11) is 0. The number of alkyl halides is 3. The van der Waals surface area contributed by atoms with E-state index >= 15 is 0 Å². The van der Waals surface area contributed by atoms with Crippen LogP contribution in [-0.4, -0.2) is 12.2 Å².